The minimum absolute atomic E-state index is 0.0383. The maximum absolute atomic E-state index is 14.6. The molecule has 46 heavy (non-hydrogen) atoms. The lowest BCUT2D eigenvalue weighted by Crippen LogP contribution is -2.53. The number of nitrogens with zero attached hydrogens (tertiary/aromatic N) is 2. The van der Waals surface area contributed by atoms with Crippen molar-refractivity contribution in [1.29, 1.82) is 0 Å². The molecule has 4 aromatic carbocycles. The van der Waals surface area contributed by atoms with Crippen molar-refractivity contribution in [3.63, 3.8) is 0 Å². The van der Waals surface area contributed by atoms with Crippen LogP contribution in [0, 0.1) is 6.92 Å². The van der Waals surface area contributed by atoms with Crippen molar-refractivity contribution in [1.82, 2.24) is 10.2 Å². The van der Waals surface area contributed by atoms with Gasteiger partial charge in [0.15, 0.2) is 0 Å². The number of nitrogens with one attached hydrogen (secondary N) is 1. The lowest BCUT2D eigenvalue weighted by atomic mass is 10.0. The quantitative estimate of drug-likeness (QED) is 0.188. The van der Waals surface area contributed by atoms with Crippen LogP contribution in [0.1, 0.15) is 16.7 Å². The summed E-state index contributed by atoms with van der Waals surface area (Å²) in [5.74, 6) is -0.593. The number of halogens is 2. The number of hydrogen-bond acceptors (Lipinski definition) is 6. The van der Waals surface area contributed by atoms with Crippen molar-refractivity contribution in [2.45, 2.75) is 30.8 Å². The number of aryl methyl sites for hydroxylation is 1. The zero-order valence-electron chi connectivity index (χ0n) is 25.9. The summed E-state index contributed by atoms with van der Waals surface area (Å²) in [7, 11) is -0.0397. The summed E-state index contributed by atoms with van der Waals surface area (Å²) in [6.07, 6.45) is 0.140. The van der Waals surface area contributed by atoms with E-state index in [1.807, 2.05) is 37.3 Å². The molecule has 2 amide bonds. The summed E-state index contributed by atoms with van der Waals surface area (Å²) < 4.78 is 40.5. The Morgan fingerprint density at radius 1 is 0.870 bits per heavy atom. The van der Waals surface area contributed by atoms with E-state index in [4.69, 9.17) is 32.7 Å². The molecule has 0 aliphatic carbocycles. The van der Waals surface area contributed by atoms with E-state index in [1.54, 1.807) is 42.5 Å². The number of carbonyl (C=O) groups is 2. The van der Waals surface area contributed by atoms with Gasteiger partial charge in [-0.05, 0) is 48.9 Å². The number of carbonyl (C=O) groups excluding carboxylic acids is 2. The van der Waals surface area contributed by atoms with Crippen molar-refractivity contribution in [2.75, 3.05) is 32.1 Å². The minimum atomic E-state index is -4.36. The van der Waals surface area contributed by atoms with Gasteiger partial charge in [-0.1, -0.05) is 77.3 Å². The molecular formula is C34H35Cl2N3O6S. The van der Waals surface area contributed by atoms with E-state index in [9.17, 15) is 18.0 Å². The van der Waals surface area contributed by atoms with E-state index >= 15 is 0 Å². The van der Waals surface area contributed by atoms with Crippen LogP contribution in [-0.4, -0.2) is 59.0 Å². The van der Waals surface area contributed by atoms with E-state index in [1.165, 1.54) is 44.4 Å². The molecule has 12 heteroatoms. The molecule has 242 valence electrons. The first kappa shape index (κ1) is 34.6. The van der Waals surface area contributed by atoms with Crippen molar-refractivity contribution < 1.29 is 27.5 Å². The summed E-state index contributed by atoms with van der Waals surface area (Å²) in [5, 5.41) is 3.23. The van der Waals surface area contributed by atoms with Crippen LogP contribution in [0.3, 0.4) is 0 Å². The first-order valence-electron chi connectivity index (χ1n) is 14.3. The second kappa shape index (κ2) is 15.4. The van der Waals surface area contributed by atoms with Gasteiger partial charge in [-0.15, -0.1) is 0 Å². The maximum Gasteiger partial charge on any atom is 0.264 e. The van der Waals surface area contributed by atoms with Crippen LogP contribution < -0.4 is 19.1 Å². The fourth-order valence-corrected chi connectivity index (χ4v) is 6.85. The molecule has 0 saturated carbocycles. The molecule has 0 fully saturated rings. The largest absolute Gasteiger partial charge is 0.497 e. The molecule has 0 saturated heterocycles. The Morgan fingerprint density at radius 3 is 2.11 bits per heavy atom. The Balaban J connectivity index is 1.88. The molecule has 0 unspecified atom stereocenters. The van der Waals surface area contributed by atoms with Gasteiger partial charge in [0.05, 0.1) is 24.8 Å². The van der Waals surface area contributed by atoms with Gasteiger partial charge in [-0.2, -0.15) is 0 Å². The van der Waals surface area contributed by atoms with Crippen LogP contribution in [-0.2, 0) is 32.6 Å². The second-order valence-corrected chi connectivity index (χ2v) is 13.1. The lowest BCUT2D eigenvalue weighted by molar-refractivity contribution is -0.139. The van der Waals surface area contributed by atoms with Crippen LogP contribution in [0.25, 0.3) is 0 Å². The molecule has 0 radical (unpaired) electrons. The highest BCUT2D eigenvalue weighted by Gasteiger charge is 2.36. The maximum atomic E-state index is 14.6. The van der Waals surface area contributed by atoms with Crippen LogP contribution in [0.15, 0.2) is 95.9 Å². The fraction of sp³-hybridized carbons (Fsp3) is 0.235. The molecule has 4 aromatic rings. The molecule has 0 heterocycles. The van der Waals surface area contributed by atoms with E-state index in [2.05, 4.69) is 5.32 Å². The molecular weight excluding hydrogens is 649 g/mol. The summed E-state index contributed by atoms with van der Waals surface area (Å²) in [5.41, 5.74) is 2.13. The highest BCUT2D eigenvalue weighted by atomic mass is 35.5. The number of ether oxygens (including phenoxy) is 2. The average molecular weight is 685 g/mol. The number of methoxy groups -OCH3 is 2. The van der Waals surface area contributed by atoms with Gasteiger partial charge in [-0.3, -0.25) is 13.9 Å². The number of hydrogen-bond donors (Lipinski definition) is 1. The predicted molar refractivity (Wildman–Crippen MR) is 180 cm³/mol. The van der Waals surface area contributed by atoms with Crippen LogP contribution >= 0.6 is 23.2 Å². The SMILES string of the molecule is CNC(=O)[C@H](Cc1ccccc1)N(Cc1c(Cl)cccc1Cl)C(=O)CN(c1cc(OC)ccc1OC)S(=O)(=O)c1ccc(C)cc1. The van der Waals surface area contributed by atoms with Gasteiger partial charge in [0.25, 0.3) is 10.0 Å². The molecule has 0 aliphatic rings. The third-order valence-electron chi connectivity index (χ3n) is 7.45. The Bertz CT molecular complexity index is 1770. The normalized spacial score (nSPS) is 11.8. The third-order valence-corrected chi connectivity index (χ3v) is 9.93. The smallest absolute Gasteiger partial charge is 0.264 e. The van der Waals surface area contributed by atoms with Crippen LogP contribution in [0.2, 0.25) is 10.0 Å². The van der Waals surface area contributed by atoms with Crippen molar-refractivity contribution in [2.24, 2.45) is 0 Å². The molecule has 0 aromatic heterocycles. The van der Waals surface area contributed by atoms with E-state index in [-0.39, 0.29) is 29.3 Å². The highest BCUT2D eigenvalue weighted by Crippen LogP contribution is 2.36. The molecule has 0 spiro atoms. The van der Waals surface area contributed by atoms with Crippen molar-refractivity contribution in [3.05, 3.63) is 118 Å². The molecule has 1 atom stereocenters. The van der Waals surface area contributed by atoms with E-state index in [0.717, 1.165) is 15.4 Å². The topological polar surface area (TPSA) is 105 Å². The van der Waals surface area contributed by atoms with Crippen LogP contribution in [0.4, 0.5) is 5.69 Å². The first-order valence-corrected chi connectivity index (χ1v) is 16.5. The van der Waals surface area contributed by atoms with Gasteiger partial charge in [0.2, 0.25) is 11.8 Å². The molecule has 1 N–H and O–H groups in total. The second-order valence-electron chi connectivity index (χ2n) is 10.4. The predicted octanol–water partition coefficient (Wildman–Crippen LogP) is 5.90. The number of anilines is 1. The van der Waals surface area contributed by atoms with Gasteiger partial charge >= 0.3 is 0 Å². The summed E-state index contributed by atoms with van der Waals surface area (Å²) in [4.78, 5) is 29.3. The lowest BCUT2D eigenvalue weighted by Gasteiger charge is -2.34. The molecule has 9 nitrogen and oxygen atoms in total. The number of likely N-dealkylation sites (N-methyl/N-ethyl adjacent to an activating group) is 1. The Labute approximate surface area is 279 Å². The number of sulfonamides is 1. The van der Waals surface area contributed by atoms with Gasteiger partial charge in [-0.25, -0.2) is 8.42 Å². The molecule has 0 aliphatic heterocycles. The third kappa shape index (κ3) is 7.93. The zero-order valence-corrected chi connectivity index (χ0v) is 28.2. The fourth-order valence-electron chi connectivity index (χ4n) is 4.92. The zero-order chi connectivity index (χ0) is 33.4. The van der Waals surface area contributed by atoms with Gasteiger partial charge in [0, 0.05) is 41.7 Å². The number of rotatable bonds is 13. The standard InChI is InChI=1S/C34H35Cl2N3O6S/c1-23-13-16-26(17-14-23)46(42,43)39(30-20-25(44-3)15-18-32(30)45-4)22-33(40)38(21-27-28(35)11-8-12-29(27)36)31(34(41)37-2)19-24-9-6-5-7-10-24/h5-18,20,31H,19,21-22H2,1-4H3,(H,37,41)/t31-/m0/s1. The Hall–Kier alpha value is -4.25. The Kier molecular flexibility index (Phi) is 11.6. The van der Waals surface area contributed by atoms with Crippen molar-refractivity contribution in [3.8, 4) is 11.5 Å². The van der Waals surface area contributed by atoms with Crippen molar-refractivity contribution >= 4 is 50.7 Å². The van der Waals surface area contributed by atoms with Gasteiger partial charge < -0.3 is 19.7 Å². The molecule has 0 bridgehead atoms. The Morgan fingerprint density at radius 2 is 1.52 bits per heavy atom. The van der Waals surface area contributed by atoms with E-state index in [0.29, 0.717) is 21.4 Å². The number of benzene rings is 4. The average Bonchev–Trinajstić information content (AvgIpc) is 3.06. The molecule has 4 rings (SSSR count). The monoisotopic (exact) mass is 683 g/mol. The van der Waals surface area contributed by atoms with Gasteiger partial charge in [0.1, 0.15) is 24.1 Å². The minimum Gasteiger partial charge on any atom is -0.497 e. The number of amides is 2. The van der Waals surface area contributed by atoms with E-state index < -0.39 is 34.4 Å². The first-order chi connectivity index (χ1) is 22.0. The van der Waals surface area contributed by atoms with Crippen LogP contribution in [0.5, 0.6) is 11.5 Å². The summed E-state index contributed by atoms with van der Waals surface area (Å²) >= 11 is 13.1. The summed E-state index contributed by atoms with van der Waals surface area (Å²) in [6, 6.07) is 24.0. The summed E-state index contributed by atoms with van der Waals surface area (Å²) in [6.45, 7) is 0.978. The highest BCUT2D eigenvalue weighted by molar-refractivity contribution is 7.92.